The summed E-state index contributed by atoms with van der Waals surface area (Å²) in [6.07, 6.45) is 1.55. The summed E-state index contributed by atoms with van der Waals surface area (Å²) in [7, 11) is 0. The molecule has 1 heterocycles. The first-order valence-electron chi connectivity index (χ1n) is 6.46. The highest BCUT2D eigenvalue weighted by molar-refractivity contribution is 7.13. The van der Waals surface area contributed by atoms with Crippen LogP contribution in [0.25, 0.3) is 0 Å². The Hall–Kier alpha value is -1.63. The maximum Gasteiger partial charge on any atom is 0.407 e. The van der Waals surface area contributed by atoms with Crippen molar-refractivity contribution in [2.75, 3.05) is 0 Å². The van der Waals surface area contributed by atoms with Crippen LogP contribution in [0.5, 0.6) is 0 Å². The van der Waals surface area contributed by atoms with Crippen LogP contribution in [0.1, 0.15) is 59.9 Å². The first-order valence-corrected chi connectivity index (χ1v) is 7.27. The fourth-order valence-electron chi connectivity index (χ4n) is 1.63. The molecule has 1 aromatic rings. The SMILES string of the molecule is CC(C)(C)OC(=O)NCc1nc(C2CC2)sc1C(=O)O. The van der Waals surface area contributed by atoms with E-state index in [4.69, 9.17) is 9.84 Å². The highest BCUT2D eigenvalue weighted by atomic mass is 32.1. The number of aromatic nitrogens is 1. The maximum absolute atomic E-state index is 11.6. The number of aromatic carboxylic acids is 1. The average Bonchev–Trinajstić information content (AvgIpc) is 3.04. The van der Waals surface area contributed by atoms with Gasteiger partial charge in [-0.25, -0.2) is 14.6 Å². The van der Waals surface area contributed by atoms with Crippen molar-refractivity contribution in [1.82, 2.24) is 10.3 Å². The van der Waals surface area contributed by atoms with Gasteiger partial charge in [0.05, 0.1) is 17.2 Å². The number of rotatable bonds is 4. The summed E-state index contributed by atoms with van der Waals surface area (Å²) in [6.45, 7) is 5.37. The van der Waals surface area contributed by atoms with Crippen LogP contribution >= 0.6 is 11.3 Å². The quantitative estimate of drug-likeness (QED) is 0.892. The standard InChI is InChI=1S/C13H18N2O4S/c1-13(2,3)19-12(18)14-6-8-9(11(16)17)20-10(15-8)7-4-5-7/h7H,4-6H2,1-3H3,(H,14,18)(H,16,17). The summed E-state index contributed by atoms with van der Waals surface area (Å²) in [5.41, 5.74) is -0.184. The molecule has 0 spiro atoms. The van der Waals surface area contributed by atoms with Crippen molar-refractivity contribution in [3.8, 4) is 0 Å². The molecule has 0 unspecified atom stereocenters. The summed E-state index contributed by atoms with van der Waals surface area (Å²) in [6, 6.07) is 0. The van der Waals surface area contributed by atoms with Crippen molar-refractivity contribution in [3.63, 3.8) is 0 Å². The van der Waals surface area contributed by atoms with Gasteiger partial charge in [0, 0.05) is 5.92 Å². The second kappa shape index (κ2) is 5.40. The first kappa shape index (κ1) is 14.8. The van der Waals surface area contributed by atoms with E-state index in [-0.39, 0.29) is 11.4 Å². The number of thiazole rings is 1. The Kier molecular flexibility index (Phi) is 3.99. The Balaban J connectivity index is 2.01. The summed E-state index contributed by atoms with van der Waals surface area (Å²) in [4.78, 5) is 27.3. The third-order valence-corrected chi connectivity index (χ3v) is 3.88. The zero-order valence-electron chi connectivity index (χ0n) is 11.7. The Bertz CT molecular complexity index is 529. The van der Waals surface area contributed by atoms with E-state index in [9.17, 15) is 9.59 Å². The van der Waals surface area contributed by atoms with E-state index < -0.39 is 17.7 Å². The fraction of sp³-hybridized carbons (Fsp3) is 0.615. The molecule has 1 aromatic heterocycles. The lowest BCUT2D eigenvalue weighted by molar-refractivity contribution is 0.0520. The molecule has 2 rings (SSSR count). The minimum atomic E-state index is -1.00. The summed E-state index contributed by atoms with van der Waals surface area (Å²) in [5, 5.41) is 12.6. The molecule has 0 saturated heterocycles. The largest absolute Gasteiger partial charge is 0.477 e. The van der Waals surface area contributed by atoms with E-state index in [0.717, 1.165) is 17.8 Å². The molecule has 6 nitrogen and oxygen atoms in total. The Morgan fingerprint density at radius 1 is 1.45 bits per heavy atom. The first-order chi connectivity index (χ1) is 9.26. The molecule has 1 aliphatic carbocycles. The number of carboxylic acid groups (broad SMARTS) is 1. The third kappa shape index (κ3) is 3.93. The van der Waals surface area contributed by atoms with Crippen LogP contribution in [0.4, 0.5) is 4.79 Å². The summed E-state index contributed by atoms with van der Waals surface area (Å²) >= 11 is 1.20. The van der Waals surface area contributed by atoms with E-state index >= 15 is 0 Å². The number of alkyl carbamates (subject to hydrolysis) is 1. The second-order valence-electron chi connectivity index (χ2n) is 5.76. The molecule has 7 heteroatoms. The van der Waals surface area contributed by atoms with Gasteiger partial charge in [-0.1, -0.05) is 0 Å². The number of carboxylic acids is 1. The Labute approximate surface area is 121 Å². The molecule has 2 N–H and O–H groups in total. The van der Waals surface area contributed by atoms with Gasteiger partial charge in [-0.3, -0.25) is 0 Å². The lowest BCUT2D eigenvalue weighted by atomic mass is 10.2. The van der Waals surface area contributed by atoms with Gasteiger partial charge in [0.25, 0.3) is 0 Å². The van der Waals surface area contributed by atoms with Crippen LogP contribution in [-0.4, -0.2) is 27.8 Å². The number of amides is 1. The molecule has 0 atom stereocenters. The lowest BCUT2D eigenvalue weighted by Gasteiger charge is -2.19. The van der Waals surface area contributed by atoms with Gasteiger partial charge in [0.15, 0.2) is 0 Å². The normalized spacial score (nSPS) is 14.9. The summed E-state index contributed by atoms with van der Waals surface area (Å²) < 4.78 is 5.10. The molecule has 20 heavy (non-hydrogen) atoms. The topological polar surface area (TPSA) is 88.5 Å². The summed E-state index contributed by atoms with van der Waals surface area (Å²) in [5.74, 6) is -0.608. The van der Waals surface area contributed by atoms with Gasteiger partial charge >= 0.3 is 12.1 Å². The predicted molar refractivity (Wildman–Crippen MR) is 74.1 cm³/mol. The molecule has 110 valence electrons. The highest BCUT2D eigenvalue weighted by Gasteiger charge is 2.30. The van der Waals surface area contributed by atoms with E-state index in [0.29, 0.717) is 11.6 Å². The Morgan fingerprint density at radius 2 is 2.10 bits per heavy atom. The van der Waals surface area contributed by atoms with Gasteiger partial charge in [0.1, 0.15) is 10.5 Å². The third-order valence-electron chi connectivity index (χ3n) is 2.63. The Morgan fingerprint density at radius 3 is 2.60 bits per heavy atom. The van der Waals surface area contributed by atoms with Crippen LogP contribution in [-0.2, 0) is 11.3 Å². The number of carbonyl (C=O) groups is 2. The van der Waals surface area contributed by atoms with Crippen LogP contribution in [0.15, 0.2) is 0 Å². The van der Waals surface area contributed by atoms with Crippen molar-refractivity contribution in [2.45, 2.75) is 51.7 Å². The van der Waals surface area contributed by atoms with Crippen molar-refractivity contribution in [2.24, 2.45) is 0 Å². The number of hydrogen-bond donors (Lipinski definition) is 2. The molecule has 1 amide bonds. The molecule has 0 aliphatic heterocycles. The van der Waals surface area contributed by atoms with Gasteiger partial charge < -0.3 is 15.2 Å². The van der Waals surface area contributed by atoms with Crippen LogP contribution < -0.4 is 5.32 Å². The fourth-order valence-corrected chi connectivity index (χ4v) is 2.72. The van der Waals surface area contributed by atoms with Crippen LogP contribution in [0.3, 0.4) is 0 Å². The number of nitrogens with one attached hydrogen (secondary N) is 1. The molecular weight excluding hydrogens is 280 g/mol. The van der Waals surface area contributed by atoms with Crippen molar-refractivity contribution >= 4 is 23.4 Å². The van der Waals surface area contributed by atoms with Crippen molar-refractivity contribution in [3.05, 3.63) is 15.6 Å². The molecule has 1 saturated carbocycles. The minimum Gasteiger partial charge on any atom is -0.477 e. The van der Waals surface area contributed by atoms with E-state index in [2.05, 4.69) is 10.3 Å². The zero-order chi connectivity index (χ0) is 14.9. The predicted octanol–water partition coefficient (Wildman–Crippen LogP) is 2.74. The monoisotopic (exact) mass is 298 g/mol. The van der Waals surface area contributed by atoms with Gasteiger partial charge in [-0.15, -0.1) is 11.3 Å². The van der Waals surface area contributed by atoms with Gasteiger partial charge in [0.2, 0.25) is 0 Å². The van der Waals surface area contributed by atoms with E-state index in [1.807, 2.05) is 0 Å². The minimum absolute atomic E-state index is 0.0692. The zero-order valence-corrected chi connectivity index (χ0v) is 12.5. The molecule has 0 aromatic carbocycles. The van der Waals surface area contributed by atoms with Gasteiger partial charge in [-0.05, 0) is 33.6 Å². The second-order valence-corrected chi connectivity index (χ2v) is 6.79. The van der Waals surface area contributed by atoms with E-state index in [1.54, 1.807) is 20.8 Å². The number of hydrogen-bond acceptors (Lipinski definition) is 5. The number of carbonyl (C=O) groups excluding carboxylic acids is 1. The molecular formula is C13H18N2O4S. The van der Waals surface area contributed by atoms with Crippen molar-refractivity contribution < 1.29 is 19.4 Å². The highest BCUT2D eigenvalue weighted by Crippen LogP contribution is 2.42. The lowest BCUT2D eigenvalue weighted by Crippen LogP contribution is -2.32. The molecule has 1 aliphatic rings. The van der Waals surface area contributed by atoms with E-state index in [1.165, 1.54) is 11.3 Å². The maximum atomic E-state index is 11.6. The molecule has 0 radical (unpaired) electrons. The molecule has 0 bridgehead atoms. The molecule has 1 fully saturated rings. The van der Waals surface area contributed by atoms with Crippen LogP contribution in [0, 0.1) is 0 Å². The van der Waals surface area contributed by atoms with Crippen molar-refractivity contribution in [1.29, 1.82) is 0 Å². The smallest absolute Gasteiger partial charge is 0.407 e. The number of nitrogens with zero attached hydrogens (tertiary/aromatic N) is 1. The number of ether oxygens (including phenoxy) is 1. The average molecular weight is 298 g/mol. The van der Waals surface area contributed by atoms with Gasteiger partial charge in [-0.2, -0.15) is 0 Å². The van der Waals surface area contributed by atoms with Crippen LogP contribution in [0.2, 0.25) is 0 Å².